The molecule has 1 saturated heterocycles. The topological polar surface area (TPSA) is 36.9 Å². The average Bonchev–Trinajstić information content (AvgIpc) is 3.07. The van der Waals surface area contributed by atoms with Crippen LogP contribution in [0.5, 0.6) is 17.2 Å². The van der Waals surface area contributed by atoms with Crippen LogP contribution < -0.4 is 9.47 Å². The van der Waals surface area contributed by atoms with Crippen molar-refractivity contribution in [3.05, 3.63) is 54.1 Å². The van der Waals surface area contributed by atoms with Crippen LogP contribution in [0.2, 0.25) is 0 Å². The smallest absolute Gasteiger partial charge is 0.199 e. The molecule has 0 radical (unpaired) electrons. The molecule has 0 N–H and O–H groups in total. The van der Waals surface area contributed by atoms with Gasteiger partial charge >= 0.3 is 0 Å². The van der Waals surface area contributed by atoms with Gasteiger partial charge in [-0.3, -0.25) is 0 Å². The summed E-state index contributed by atoms with van der Waals surface area (Å²) < 4.78 is 23.0. The molecule has 1 aliphatic rings. The monoisotopic (exact) mass is 328 g/mol. The van der Waals surface area contributed by atoms with E-state index in [4.69, 9.17) is 18.9 Å². The van der Waals surface area contributed by atoms with Crippen LogP contribution in [0.15, 0.2) is 48.5 Å². The molecule has 0 bridgehead atoms. The van der Waals surface area contributed by atoms with E-state index in [2.05, 4.69) is 20.8 Å². The molecule has 0 saturated carbocycles. The normalized spacial score (nSPS) is 16.8. The number of hydrogen-bond acceptors (Lipinski definition) is 4. The molecule has 0 spiro atoms. The Labute approximate surface area is 143 Å². The molecule has 1 fully saturated rings. The van der Waals surface area contributed by atoms with Gasteiger partial charge in [-0.1, -0.05) is 20.8 Å². The second-order valence-corrected chi connectivity index (χ2v) is 6.87. The number of benzene rings is 2. The Morgan fingerprint density at radius 3 is 1.71 bits per heavy atom. The van der Waals surface area contributed by atoms with E-state index >= 15 is 0 Å². The summed E-state index contributed by atoms with van der Waals surface area (Å²) in [5.41, 5.74) is 0.844. The number of hydrogen-bond donors (Lipinski definition) is 0. The summed E-state index contributed by atoms with van der Waals surface area (Å²) >= 11 is 0. The molecule has 0 amide bonds. The minimum absolute atomic E-state index is 0.165. The van der Waals surface area contributed by atoms with Gasteiger partial charge in [-0.25, -0.2) is 0 Å². The molecule has 4 nitrogen and oxygen atoms in total. The lowest BCUT2D eigenvalue weighted by Gasteiger charge is -2.39. The second kappa shape index (κ2) is 6.46. The molecule has 0 atom stereocenters. The van der Waals surface area contributed by atoms with Gasteiger partial charge in [0.15, 0.2) is 5.79 Å². The van der Waals surface area contributed by atoms with Crippen molar-refractivity contribution in [2.75, 3.05) is 20.3 Å². The maximum absolute atomic E-state index is 6.00. The van der Waals surface area contributed by atoms with Gasteiger partial charge in [-0.2, -0.15) is 0 Å². The van der Waals surface area contributed by atoms with Crippen LogP contribution >= 0.6 is 0 Å². The van der Waals surface area contributed by atoms with Gasteiger partial charge in [0.05, 0.1) is 20.3 Å². The van der Waals surface area contributed by atoms with Crippen LogP contribution in [-0.4, -0.2) is 20.3 Å². The molecular weight excluding hydrogens is 304 g/mol. The van der Waals surface area contributed by atoms with E-state index in [1.54, 1.807) is 7.11 Å². The van der Waals surface area contributed by atoms with E-state index in [1.807, 2.05) is 48.5 Å². The van der Waals surface area contributed by atoms with Crippen molar-refractivity contribution in [3.8, 4) is 17.2 Å². The van der Waals surface area contributed by atoms with Crippen LogP contribution in [0, 0.1) is 5.41 Å². The lowest BCUT2D eigenvalue weighted by Crippen LogP contribution is -2.41. The first-order valence-corrected chi connectivity index (χ1v) is 8.15. The molecule has 24 heavy (non-hydrogen) atoms. The zero-order valence-corrected chi connectivity index (χ0v) is 14.7. The Kier molecular flexibility index (Phi) is 4.52. The zero-order valence-electron chi connectivity index (χ0n) is 14.7. The Balaban J connectivity index is 1.79. The molecule has 2 aromatic carbocycles. The summed E-state index contributed by atoms with van der Waals surface area (Å²) in [5.74, 6) is 1.64. The van der Waals surface area contributed by atoms with E-state index in [-0.39, 0.29) is 5.41 Å². The van der Waals surface area contributed by atoms with E-state index in [0.717, 1.165) is 22.8 Å². The quantitative estimate of drug-likeness (QED) is 0.813. The van der Waals surface area contributed by atoms with Crippen LogP contribution in [0.1, 0.15) is 26.3 Å². The van der Waals surface area contributed by atoms with Gasteiger partial charge in [0, 0.05) is 11.0 Å². The van der Waals surface area contributed by atoms with Crippen molar-refractivity contribution < 1.29 is 18.9 Å². The lowest BCUT2D eigenvalue weighted by molar-refractivity contribution is -0.232. The van der Waals surface area contributed by atoms with Crippen molar-refractivity contribution in [3.63, 3.8) is 0 Å². The zero-order chi connectivity index (χ0) is 17.2. The highest BCUT2D eigenvalue weighted by Crippen LogP contribution is 2.46. The van der Waals surface area contributed by atoms with Crippen molar-refractivity contribution >= 4 is 0 Å². The highest BCUT2D eigenvalue weighted by atomic mass is 16.7. The molecule has 0 aromatic heterocycles. The van der Waals surface area contributed by atoms with Gasteiger partial charge in [0.2, 0.25) is 0 Å². The molecule has 1 heterocycles. The molecule has 128 valence electrons. The average molecular weight is 328 g/mol. The molecule has 3 rings (SSSR count). The molecule has 0 unspecified atom stereocenters. The van der Waals surface area contributed by atoms with Crippen molar-refractivity contribution in [1.29, 1.82) is 0 Å². The standard InChI is InChI=1S/C20H24O4/c1-19(2,3)20(22-13-14-23-20)15-5-7-17(8-6-15)24-18-11-9-16(21-4)10-12-18/h5-12H,13-14H2,1-4H3. The van der Waals surface area contributed by atoms with Gasteiger partial charge in [0.1, 0.15) is 17.2 Å². The van der Waals surface area contributed by atoms with Crippen LogP contribution in [0.3, 0.4) is 0 Å². The molecular formula is C20H24O4. The summed E-state index contributed by atoms with van der Waals surface area (Å²) in [5, 5.41) is 0. The Bertz CT molecular complexity index is 662. The summed E-state index contributed by atoms with van der Waals surface area (Å²) in [6.07, 6.45) is 0. The SMILES string of the molecule is COc1ccc(Oc2ccc(C3(C(C)(C)C)OCCO3)cc2)cc1. The molecule has 4 heteroatoms. The highest BCUT2D eigenvalue weighted by molar-refractivity contribution is 5.37. The summed E-state index contributed by atoms with van der Waals surface area (Å²) in [7, 11) is 1.65. The minimum Gasteiger partial charge on any atom is -0.497 e. The molecule has 2 aromatic rings. The number of methoxy groups -OCH3 is 1. The lowest BCUT2D eigenvalue weighted by atomic mass is 9.81. The van der Waals surface area contributed by atoms with E-state index < -0.39 is 5.79 Å². The van der Waals surface area contributed by atoms with Crippen molar-refractivity contribution in [2.24, 2.45) is 5.41 Å². The Hall–Kier alpha value is -2.04. The first-order valence-electron chi connectivity index (χ1n) is 8.15. The third kappa shape index (κ3) is 3.12. The molecule has 0 aliphatic carbocycles. The number of ether oxygens (including phenoxy) is 4. The summed E-state index contributed by atoms with van der Waals surface area (Å²) in [4.78, 5) is 0. The fraction of sp³-hybridized carbons (Fsp3) is 0.400. The maximum Gasteiger partial charge on any atom is 0.199 e. The highest BCUT2D eigenvalue weighted by Gasteiger charge is 2.48. The van der Waals surface area contributed by atoms with Crippen molar-refractivity contribution in [2.45, 2.75) is 26.6 Å². The van der Waals surface area contributed by atoms with E-state index in [1.165, 1.54) is 0 Å². The van der Waals surface area contributed by atoms with Crippen LogP contribution in [0.25, 0.3) is 0 Å². The predicted octanol–water partition coefficient (Wildman–Crippen LogP) is 4.73. The van der Waals surface area contributed by atoms with E-state index in [9.17, 15) is 0 Å². The van der Waals surface area contributed by atoms with Crippen LogP contribution in [0.4, 0.5) is 0 Å². The fourth-order valence-electron chi connectivity index (χ4n) is 2.97. The van der Waals surface area contributed by atoms with Gasteiger partial charge < -0.3 is 18.9 Å². The molecule has 1 aliphatic heterocycles. The van der Waals surface area contributed by atoms with Gasteiger partial charge in [-0.05, 0) is 48.5 Å². The Morgan fingerprint density at radius 2 is 1.25 bits per heavy atom. The second-order valence-electron chi connectivity index (χ2n) is 6.87. The van der Waals surface area contributed by atoms with E-state index in [0.29, 0.717) is 13.2 Å². The minimum atomic E-state index is -0.703. The third-order valence-electron chi connectivity index (χ3n) is 4.21. The Morgan fingerprint density at radius 1 is 0.792 bits per heavy atom. The maximum atomic E-state index is 6.00. The fourth-order valence-corrected chi connectivity index (χ4v) is 2.97. The van der Waals surface area contributed by atoms with Crippen molar-refractivity contribution in [1.82, 2.24) is 0 Å². The summed E-state index contributed by atoms with van der Waals surface area (Å²) in [6.45, 7) is 7.60. The third-order valence-corrected chi connectivity index (χ3v) is 4.21. The van der Waals surface area contributed by atoms with Gasteiger partial charge in [0.25, 0.3) is 0 Å². The summed E-state index contributed by atoms with van der Waals surface area (Å²) in [6, 6.07) is 15.4. The van der Waals surface area contributed by atoms with Crippen LogP contribution in [-0.2, 0) is 15.3 Å². The predicted molar refractivity (Wildman–Crippen MR) is 92.5 cm³/mol. The van der Waals surface area contributed by atoms with Gasteiger partial charge in [-0.15, -0.1) is 0 Å². The first-order chi connectivity index (χ1) is 11.4. The largest absolute Gasteiger partial charge is 0.497 e. The first kappa shape index (κ1) is 16.8. The number of rotatable bonds is 4.